The van der Waals surface area contributed by atoms with E-state index in [1.165, 1.54) is 0 Å². The third-order valence-corrected chi connectivity index (χ3v) is 5.13. The number of carbonyl (C=O) groups is 2. The zero-order valence-electron chi connectivity index (χ0n) is 16.9. The van der Waals surface area contributed by atoms with Gasteiger partial charge in [-0.1, -0.05) is 13.8 Å². The summed E-state index contributed by atoms with van der Waals surface area (Å²) in [5.41, 5.74) is 2.35. The van der Waals surface area contributed by atoms with E-state index in [1.54, 1.807) is 51.4 Å². The highest BCUT2D eigenvalue weighted by atomic mass is 16.5. The zero-order chi connectivity index (χ0) is 21.1. The van der Waals surface area contributed by atoms with Crippen LogP contribution < -0.4 is 14.8 Å². The SMILES string of the molecule is COc1ccc(OC)c([C@@H]2c3nc[nH]c3CCN2C(=O)N[C@H](C(=O)O)C(C)C)c1. The molecule has 0 saturated carbocycles. The van der Waals surface area contributed by atoms with Crippen LogP contribution in [0.25, 0.3) is 0 Å². The first-order chi connectivity index (χ1) is 13.9. The average Bonchev–Trinajstić information content (AvgIpc) is 3.18. The highest BCUT2D eigenvalue weighted by molar-refractivity contribution is 5.83. The zero-order valence-corrected chi connectivity index (χ0v) is 16.9. The molecular weight excluding hydrogens is 376 g/mol. The second kappa shape index (κ2) is 8.42. The smallest absolute Gasteiger partial charge is 0.326 e. The maximum atomic E-state index is 13.1. The van der Waals surface area contributed by atoms with Gasteiger partial charge in [0.2, 0.25) is 0 Å². The van der Waals surface area contributed by atoms with Gasteiger partial charge >= 0.3 is 12.0 Å². The molecule has 29 heavy (non-hydrogen) atoms. The van der Waals surface area contributed by atoms with Gasteiger partial charge in [0.05, 0.1) is 26.2 Å². The number of aliphatic carboxylic acids is 1. The number of hydrogen-bond donors (Lipinski definition) is 3. The highest BCUT2D eigenvalue weighted by Gasteiger charge is 2.37. The normalized spacial score (nSPS) is 16.9. The molecule has 0 saturated heterocycles. The van der Waals surface area contributed by atoms with E-state index in [-0.39, 0.29) is 5.92 Å². The van der Waals surface area contributed by atoms with Crippen LogP contribution in [-0.2, 0) is 11.2 Å². The molecule has 1 aromatic heterocycles. The summed E-state index contributed by atoms with van der Waals surface area (Å²) in [6, 6.07) is 3.37. The van der Waals surface area contributed by atoms with Crippen LogP contribution >= 0.6 is 0 Å². The van der Waals surface area contributed by atoms with Crippen molar-refractivity contribution in [1.29, 1.82) is 0 Å². The first-order valence-electron chi connectivity index (χ1n) is 9.41. The van der Waals surface area contributed by atoms with Gasteiger partial charge in [0.15, 0.2) is 0 Å². The van der Waals surface area contributed by atoms with Crippen molar-refractivity contribution in [2.75, 3.05) is 20.8 Å². The van der Waals surface area contributed by atoms with E-state index in [1.807, 2.05) is 6.07 Å². The molecule has 0 radical (unpaired) electrons. The van der Waals surface area contributed by atoms with Crippen molar-refractivity contribution in [3.05, 3.63) is 41.5 Å². The molecule has 9 nitrogen and oxygen atoms in total. The molecule has 1 aliphatic rings. The molecule has 1 aromatic carbocycles. The van der Waals surface area contributed by atoms with Gasteiger partial charge < -0.3 is 29.8 Å². The van der Waals surface area contributed by atoms with E-state index in [0.29, 0.717) is 35.7 Å². The standard InChI is InChI=1S/C20H26N4O5/c1-11(2)16(19(25)26)23-20(27)24-8-7-14-17(22-10-21-14)18(24)13-9-12(28-3)5-6-15(13)29-4/h5-6,9-11,16,18H,7-8H2,1-4H3,(H,21,22)(H,23,27)(H,25,26)/t16-,18+/m0/s1. The van der Waals surface area contributed by atoms with Crippen molar-refractivity contribution in [2.45, 2.75) is 32.4 Å². The van der Waals surface area contributed by atoms with Crippen LogP contribution in [0.1, 0.15) is 36.8 Å². The van der Waals surface area contributed by atoms with Crippen molar-refractivity contribution < 1.29 is 24.2 Å². The van der Waals surface area contributed by atoms with Gasteiger partial charge in [0.25, 0.3) is 0 Å². The maximum Gasteiger partial charge on any atom is 0.326 e. The number of carboxylic acid groups (broad SMARTS) is 1. The van der Waals surface area contributed by atoms with Crippen LogP contribution in [0.4, 0.5) is 4.79 Å². The predicted octanol–water partition coefficient (Wildman–Crippen LogP) is 2.19. The van der Waals surface area contributed by atoms with Crippen LogP contribution in [-0.4, -0.2) is 58.8 Å². The largest absolute Gasteiger partial charge is 0.497 e. The fraction of sp³-hybridized carbons (Fsp3) is 0.450. The van der Waals surface area contributed by atoms with Crippen molar-refractivity contribution in [3.8, 4) is 11.5 Å². The summed E-state index contributed by atoms with van der Waals surface area (Å²) in [7, 11) is 3.13. The van der Waals surface area contributed by atoms with Crippen molar-refractivity contribution in [3.63, 3.8) is 0 Å². The first kappa shape index (κ1) is 20.5. The lowest BCUT2D eigenvalue weighted by atomic mass is 9.94. The fourth-order valence-electron chi connectivity index (χ4n) is 3.59. The van der Waals surface area contributed by atoms with Gasteiger partial charge in [-0.15, -0.1) is 0 Å². The summed E-state index contributed by atoms with van der Waals surface area (Å²) in [4.78, 5) is 33.9. The number of benzene rings is 1. The molecule has 0 bridgehead atoms. The molecule has 0 fully saturated rings. The van der Waals surface area contributed by atoms with Gasteiger partial charge in [0.1, 0.15) is 23.6 Å². The number of carboxylic acids is 1. The lowest BCUT2D eigenvalue weighted by Crippen LogP contribution is -2.52. The summed E-state index contributed by atoms with van der Waals surface area (Å²) < 4.78 is 10.9. The number of carbonyl (C=O) groups excluding carboxylic acids is 1. The van der Waals surface area contributed by atoms with Gasteiger partial charge in [-0.25, -0.2) is 14.6 Å². The Kier molecular flexibility index (Phi) is 5.95. The van der Waals surface area contributed by atoms with E-state index in [9.17, 15) is 14.7 Å². The number of imidazole rings is 1. The molecule has 9 heteroatoms. The molecule has 156 valence electrons. The Hall–Kier alpha value is -3.23. The molecule has 2 aromatic rings. The number of nitrogens with one attached hydrogen (secondary N) is 2. The van der Waals surface area contributed by atoms with E-state index < -0.39 is 24.1 Å². The first-order valence-corrected chi connectivity index (χ1v) is 9.41. The fourth-order valence-corrected chi connectivity index (χ4v) is 3.59. The second-order valence-electron chi connectivity index (χ2n) is 7.23. The molecule has 2 amide bonds. The van der Waals surface area contributed by atoms with Crippen LogP contribution in [0.2, 0.25) is 0 Å². The Balaban J connectivity index is 2.04. The highest BCUT2D eigenvalue weighted by Crippen LogP contribution is 2.39. The molecule has 2 heterocycles. The lowest BCUT2D eigenvalue weighted by molar-refractivity contribution is -0.140. The van der Waals surface area contributed by atoms with Crippen LogP contribution in [0.3, 0.4) is 0 Å². The number of aromatic nitrogens is 2. The van der Waals surface area contributed by atoms with Crippen LogP contribution in [0.15, 0.2) is 24.5 Å². The minimum absolute atomic E-state index is 0.257. The molecule has 0 spiro atoms. The molecule has 2 atom stereocenters. The Labute approximate surface area is 169 Å². The number of aromatic amines is 1. The Bertz CT molecular complexity index is 895. The summed E-state index contributed by atoms with van der Waals surface area (Å²) in [5.74, 6) is -0.120. The number of amides is 2. The van der Waals surface area contributed by atoms with Crippen molar-refractivity contribution in [2.24, 2.45) is 5.92 Å². The number of ether oxygens (including phenoxy) is 2. The number of H-pyrrole nitrogens is 1. The van der Waals surface area contributed by atoms with Gasteiger partial charge in [-0.05, 0) is 24.1 Å². The molecule has 3 N–H and O–H groups in total. The average molecular weight is 402 g/mol. The molecule has 0 unspecified atom stereocenters. The second-order valence-corrected chi connectivity index (χ2v) is 7.23. The van der Waals surface area contributed by atoms with Gasteiger partial charge in [-0.2, -0.15) is 0 Å². The number of rotatable bonds is 6. The topological polar surface area (TPSA) is 117 Å². The van der Waals surface area contributed by atoms with Gasteiger partial charge in [0, 0.05) is 24.2 Å². The van der Waals surface area contributed by atoms with E-state index in [2.05, 4.69) is 15.3 Å². The van der Waals surface area contributed by atoms with E-state index in [0.717, 1.165) is 5.69 Å². The number of urea groups is 1. The molecule has 1 aliphatic heterocycles. The van der Waals surface area contributed by atoms with Crippen LogP contribution in [0.5, 0.6) is 11.5 Å². The Morgan fingerprint density at radius 2 is 2.07 bits per heavy atom. The van der Waals surface area contributed by atoms with E-state index >= 15 is 0 Å². The summed E-state index contributed by atoms with van der Waals surface area (Å²) in [6.07, 6.45) is 2.19. The number of hydrogen-bond acceptors (Lipinski definition) is 5. The lowest BCUT2D eigenvalue weighted by Gasteiger charge is -2.36. The monoisotopic (exact) mass is 402 g/mol. The van der Waals surface area contributed by atoms with Crippen LogP contribution in [0, 0.1) is 5.92 Å². The minimum Gasteiger partial charge on any atom is -0.497 e. The summed E-state index contributed by atoms with van der Waals surface area (Å²) >= 11 is 0. The minimum atomic E-state index is -1.07. The quantitative estimate of drug-likeness (QED) is 0.682. The number of methoxy groups -OCH3 is 2. The number of fused-ring (bicyclic) bond motifs is 1. The van der Waals surface area contributed by atoms with Crippen molar-refractivity contribution in [1.82, 2.24) is 20.2 Å². The maximum absolute atomic E-state index is 13.1. The molecule has 3 rings (SSSR count). The summed E-state index contributed by atoms with van der Waals surface area (Å²) in [6.45, 7) is 3.91. The summed E-state index contributed by atoms with van der Waals surface area (Å²) in [5, 5.41) is 12.1. The molecule has 0 aliphatic carbocycles. The Morgan fingerprint density at radius 1 is 1.31 bits per heavy atom. The third kappa shape index (κ3) is 3.98. The molecular formula is C20H26N4O5. The van der Waals surface area contributed by atoms with Crippen molar-refractivity contribution >= 4 is 12.0 Å². The predicted molar refractivity (Wildman–Crippen MR) is 105 cm³/mol. The van der Waals surface area contributed by atoms with Gasteiger partial charge in [-0.3, -0.25) is 0 Å². The third-order valence-electron chi connectivity index (χ3n) is 5.13. The Morgan fingerprint density at radius 3 is 2.69 bits per heavy atom. The number of nitrogens with zero attached hydrogens (tertiary/aromatic N) is 2. The van der Waals surface area contributed by atoms with E-state index in [4.69, 9.17) is 9.47 Å².